The fourth-order valence-corrected chi connectivity index (χ4v) is 2.28. The Balaban J connectivity index is 1.62. The molecule has 23 heavy (non-hydrogen) atoms. The third kappa shape index (κ3) is 5.92. The number of hydrogen-bond donors (Lipinski definition) is 3. The van der Waals surface area contributed by atoms with E-state index in [2.05, 4.69) is 15.7 Å². The van der Waals surface area contributed by atoms with Crippen LogP contribution in [0.2, 0.25) is 5.02 Å². The maximum absolute atomic E-state index is 11.7. The third-order valence-electron chi connectivity index (χ3n) is 3.40. The van der Waals surface area contributed by atoms with Crippen LogP contribution in [0.4, 0.5) is 4.79 Å². The van der Waals surface area contributed by atoms with Crippen LogP contribution in [0.5, 0.6) is 0 Å². The zero-order valence-corrected chi connectivity index (χ0v) is 13.8. The maximum Gasteiger partial charge on any atom is 0.314 e. The van der Waals surface area contributed by atoms with Crippen LogP contribution in [0.15, 0.2) is 36.7 Å². The molecule has 0 aliphatic carbocycles. The van der Waals surface area contributed by atoms with Gasteiger partial charge in [0.05, 0.1) is 12.3 Å². The molecule has 1 aromatic heterocycles. The number of amides is 2. The predicted octanol–water partition coefficient (Wildman–Crippen LogP) is 2.04. The van der Waals surface area contributed by atoms with Crippen molar-refractivity contribution < 1.29 is 9.90 Å². The number of carbonyl (C=O) groups is 1. The second-order valence-electron chi connectivity index (χ2n) is 5.33. The van der Waals surface area contributed by atoms with Gasteiger partial charge in [0.1, 0.15) is 0 Å². The zero-order chi connectivity index (χ0) is 16.7. The van der Waals surface area contributed by atoms with Gasteiger partial charge >= 0.3 is 6.03 Å². The van der Waals surface area contributed by atoms with Crippen molar-refractivity contribution in [3.8, 4) is 0 Å². The average molecular weight is 337 g/mol. The van der Waals surface area contributed by atoms with E-state index in [0.29, 0.717) is 17.1 Å². The minimum absolute atomic E-state index is 0.149. The van der Waals surface area contributed by atoms with Crippen molar-refractivity contribution >= 4 is 17.6 Å². The molecule has 0 fully saturated rings. The first kappa shape index (κ1) is 17.3. The molecule has 1 aromatic carbocycles. The molecule has 0 saturated carbocycles. The lowest BCUT2D eigenvalue weighted by atomic mass is 10.1. The van der Waals surface area contributed by atoms with Gasteiger partial charge < -0.3 is 15.7 Å². The second-order valence-corrected chi connectivity index (χ2v) is 5.77. The number of aliphatic hydroxyl groups excluding tert-OH is 1. The Morgan fingerprint density at radius 3 is 2.74 bits per heavy atom. The number of nitrogens with zero attached hydrogens (tertiary/aromatic N) is 2. The van der Waals surface area contributed by atoms with E-state index >= 15 is 0 Å². The minimum atomic E-state index is -0.756. The van der Waals surface area contributed by atoms with Crippen molar-refractivity contribution in [3.63, 3.8) is 0 Å². The van der Waals surface area contributed by atoms with E-state index in [4.69, 9.17) is 11.6 Å². The lowest BCUT2D eigenvalue weighted by molar-refractivity contribution is 0.173. The molecule has 0 spiro atoms. The molecule has 7 heteroatoms. The predicted molar refractivity (Wildman–Crippen MR) is 89.3 cm³/mol. The molecule has 1 unspecified atom stereocenters. The number of aliphatic hydroxyl groups is 1. The van der Waals surface area contributed by atoms with Crippen LogP contribution in [0.3, 0.4) is 0 Å². The Labute approximate surface area is 140 Å². The normalized spacial score (nSPS) is 12.0. The van der Waals surface area contributed by atoms with Gasteiger partial charge in [0.2, 0.25) is 0 Å². The summed E-state index contributed by atoms with van der Waals surface area (Å²) in [5, 5.41) is 20.1. The molecule has 6 nitrogen and oxygen atoms in total. The molecule has 2 rings (SSSR count). The molecule has 3 N–H and O–H groups in total. The van der Waals surface area contributed by atoms with Gasteiger partial charge in [-0.05, 0) is 36.1 Å². The maximum atomic E-state index is 11.7. The fraction of sp³-hybridized carbons (Fsp3) is 0.375. The van der Waals surface area contributed by atoms with Crippen LogP contribution in [-0.2, 0) is 13.5 Å². The number of carbonyl (C=O) groups excluding carboxylic acids is 1. The van der Waals surface area contributed by atoms with Crippen LogP contribution in [0.1, 0.15) is 23.7 Å². The first-order valence-corrected chi connectivity index (χ1v) is 7.85. The molecule has 2 amide bonds. The molecular formula is C16H21ClN4O2. The Bertz CT molecular complexity index is 627. The summed E-state index contributed by atoms with van der Waals surface area (Å²) >= 11 is 5.79. The Morgan fingerprint density at radius 1 is 1.35 bits per heavy atom. The summed E-state index contributed by atoms with van der Waals surface area (Å²) in [4.78, 5) is 11.7. The van der Waals surface area contributed by atoms with E-state index in [0.717, 1.165) is 18.4 Å². The van der Waals surface area contributed by atoms with Crippen molar-refractivity contribution in [2.45, 2.75) is 18.9 Å². The van der Waals surface area contributed by atoms with Crippen LogP contribution in [0, 0.1) is 0 Å². The highest BCUT2D eigenvalue weighted by atomic mass is 35.5. The van der Waals surface area contributed by atoms with Gasteiger partial charge in [0, 0.05) is 31.4 Å². The van der Waals surface area contributed by atoms with Crippen LogP contribution in [0.25, 0.3) is 0 Å². The lowest BCUT2D eigenvalue weighted by Crippen LogP contribution is -2.38. The van der Waals surface area contributed by atoms with Gasteiger partial charge in [-0.15, -0.1) is 0 Å². The van der Waals surface area contributed by atoms with Crippen molar-refractivity contribution in [2.24, 2.45) is 7.05 Å². The van der Waals surface area contributed by atoms with Crippen molar-refractivity contribution in [3.05, 3.63) is 52.8 Å². The van der Waals surface area contributed by atoms with Crippen molar-refractivity contribution in [1.29, 1.82) is 0 Å². The molecule has 1 atom stereocenters. The molecule has 1 heterocycles. The molecular weight excluding hydrogens is 316 g/mol. The molecule has 0 bridgehead atoms. The summed E-state index contributed by atoms with van der Waals surface area (Å²) in [5.41, 5.74) is 1.86. The van der Waals surface area contributed by atoms with Crippen LogP contribution < -0.4 is 10.6 Å². The van der Waals surface area contributed by atoms with Gasteiger partial charge in [-0.3, -0.25) is 4.68 Å². The summed E-state index contributed by atoms with van der Waals surface area (Å²) in [6.45, 7) is 0.716. The minimum Gasteiger partial charge on any atom is -0.387 e. The number of aromatic nitrogens is 2. The monoisotopic (exact) mass is 336 g/mol. The molecule has 124 valence electrons. The number of aryl methyl sites for hydroxylation is 2. The SMILES string of the molecule is Cn1cc(CCCNC(=O)NCC(O)c2ccc(Cl)cc2)cn1. The Kier molecular flexibility index (Phi) is 6.43. The topological polar surface area (TPSA) is 79.2 Å². The van der Waals surface area contributed by atoms with E-state index in [1.54, 1.807) is 28.9 Å². The average Bonchev–Trinajstić information content (AvgIpc) is 2.95. The van der Waals surface area contributed by atoms with E-state index in [9.17, 15) is 9.90 Å². The number of rotatable bonds is 7. The lowest BCUT2D eigenvalue weighted by Gasteiger charge is -2.13. The van der Waals surface area contributed by atoms with E-state index in [-0.39, 0.29) is 12.6 Å². The van der Waals surface area contributed by atoms with Crippen molar-refractivity contribution in [2.75, 3.05) is 13.1 Å². The summed E-state index contributed by atoms with van der Waals surface area (Å²) < 4.78 is 1.76. The van der Waals surface area contributed by atoms with Gasteiger partial charge in [-0.25, -0.2) is 4.79 Å². The standard InChI is InChI=1S/C16H21ClN4O2/c1-21-11-12(9-20-21)3-2-8-18-16(23)19-10-15(22)13-4-6-14(17)7-5-13/h4-7,9,11,15,22H,2-3,8,10H2,1H3,(H2,18,19,23). The van der Waals surface area contributed by atoms with E-state index in [1.807, 2.05) is 19.4 Å². The van der Waals surface area contributed by atoms with Crippen LogP contribution >= 0.6 is 11.6 Å². The smallest absolute Gasteiger partial charge is 0.314 e. The molecule has 0 aliphatic heterocycles. The summed E-state index contributed by atoms with van der Waals surface area (Å²) in [6.07, 6.45) is 4.72. The zero-order valence-electron chi connectivity index (χ0n) is 13.0. The summed E-state index contributed by atoms with van der Waals surface area (Å²) in [7, 11) is 1.88. The number of benzene rings is 1. The third-order valence-corrected chi connectivity index (χ3v) is 3.65. The van der Waals surface area contributed by atoms with E-state index in [1.165, 1.54) is 0 Å². The second kappa shape index (κ2) is 8.55. The van der Waals surface area contributed by atoms with E-state index < -0.39 is 6.10 Å². The molecule has 0 radical (unpaired) electrons. The highest BCUT2D eigenvalue weighted by molar-refractivity contribution is 6.30. The summed E-state index contributed by atoms with van der Waals surface area (Å²) in [5.74, 6) is 0. The number of hydrogen-bond acceptors (Lipinski definition) is 3. The largest absolute Gasteiger partial charge is 0.387 e. The van der Waals surface area contributed by atoms with Crippen LogP contribution in [-0.4, -0.2) is 34.0 Å². The summed E-state index contributed by atoms with van der Waals surface area (Å²) in [6, 6.07) is 6.60. The molecule has 0 saturated heterocycles. The van der Waals surface area contributed by atoms with Gasteiger partial charge in [0.25, 0.3) is 0 Å². The number of nitrogens with one attached hydrogen (secondary N) is 2. The van der Waals surface area contributed by atoms with Crippen molar-refractivity contribution in [1.82, 2.24) is 20.4 Å². The number of urea groups is 1. The highest BCUT2D eigenvalue weighted by Crippen LogP contribution is 2.15. The number of halogens is 1. The van der Waals surface area contributed by atoms with Gasteiger partial charge in [0.15, 0.2) is 0 Å². The Morgan fingerprint density at radius 2 is 2.09 bits per heavy atom. The first-order chi connectivity index (χ1) is 11.0. The highest BCUT2D eigenvalue weighted by Gasteiger charge is 2.09. The molecule has 2 aromatic rings. The first-order valence-electron chi connectivity index (χ1n) is 7.47. The van der Waals surface area contributed by atoms with Gasteiger partial charge in [-0.2, -0.15) is 5.10 Å². The quantitative estimate of drug-likeness (QED) is 0.677. The molecule has 0 aliphatic rings. The fourth-order valence-electron chi connectivity index (χ4n) is 2.15. The Hall–Kier alpha value is -2.05. The van der Waals surface area contributed by atoms with Gasteiger partial charge in [-0.1, -0.05) is 23.7 Å².